The molecular formula is C21H24B4N4O4. The molecule has 5 rings (SSSR count). The number of carbonyl (C=O) groups is 2. The zero-order valence-corrected chi connectivity index (χ0v) is 18.8. The lowest BCUT2D eigenvalue weighted by molar-refractivity contribution is -0.172. The first-order valence-corrected chi connectivity index (χ1v) is 11.2. The fourth-order valence-corrected chi connectivity index (χ4v) is 5.43. The van der Waals surface area contributed by atoms with Gasteiger partial charge in [0, 0.05) is 32.0 Å². The van der Waals surface area contributed by atoms with Gasteiger partial charge in [-0.3, -0.25) is 4.98 Å². The minimum Gasteiger partial charge on any atom is -0.438 e. The molecular weight excluding hydrogens is 416 g/mol. The summed E-state index contributed by atoms with van der Waals surface area (Å²) in [6.07, 6.45) is 5.44. The monoisotopic (exact) mass is 440 g/mol. The summed E-state index contributed by atoms with van der Waals surface area (Å²) in [6, 6.07) is 1.09. The molecule has 1 spiro atoms. The third kappa shape index (κ3) is 3.65. The quantitative estimate of drug-likeness (QED) is 0.672. The molecule has 1 N–H and O–H groups in total. The summed E-state index contributed by atoms with van der Waals surface area (Å²) in [5, 5.41) is -0.414. The molecule has 8 radical (unpaired) electrons. The van der Waals surface area contributed by atoms with E-state index in [1.165, 1.54) is 12.4 Å². The summed E-state index contributed by atoms with van der Waals surface area (Å²) in [4.78, 5) is 32.3. The molecule has 1 unspecified atom stereocenters. The zero-order chi connectivity index (χ0) is 23.6. The number of piperidine rings is 1. The molecule has 1 atom stereocenters. The smallest absolute Gasteiger partial charge is 0.410 e. The van der Waals surface area contributed by atoms with Crippen LogP contribution in [-0.4, -0.2) is 96.7 Å². The van der Waals surface area contributed by atoms with Crippen LogP contribution in [0.5, 0.6) is 0 Å². The van der Waals surface area contributed by atoms with Crippen molar-refractivity contribution in [3.63, 3.8) is 0 Å². The van der Waals surface area contributed by atoms with Gasteiger partial charge in [0.2, 0.25) is 0 Å². The number of ether oxygens (including phenoxy) is 2. The second-order valence-corrected chi connectivity index (χ2v) is 10.2. The Morgan fingerprint density at radius 2 is 1.85 bits per heavy atom. The summed E-state index contributed by atoms with van der Waals surface area (Å²) in [5.41, 5.74) is 0.486. The van der Waals surface area contributed by atoms with Crippen molar-refractivity contribution in [3.05, 3.63) is 29.6 Å². The Morgan fingerprint density at radius 1 is 1.18 bits per heavy atom. The molecule has 2 saturated heterocycles. The molecule has 4 aliphatic rings. The van der Waals surface area contributed by atoms with Gasteiger partial charge in [0.05, 0.1) is 44.6 Å². The molecule has 0 aromatic carbocycles. The maximum absolute atomic E-state index is 13.1. The van der Waals surface area contributed by atoms with E-state index in [1.807, 2.05) is 6.92 Å². The van der Waals surface area contributed by atoms with Crippen LogP contribution >= 0.6 is 0 Å². The van der Waals surface area contributed by atoms with E-state index in [2.05, 4.69) is 10.3 Å². The average Bonchev–Trinajstić information content (AvgIpc) is 3.38. The van der Waals surface area contributed by atoms with E-state index in [4.69, 9.17) is 40.9 Å². The van der Waals surface area contributed by atoms with Gasteiger partial charge in [-0.05, 0) is 65.4 Å². The van der Waals surface area contributed by atoms with Gasteiger partial charge in [-0.25, -0.2) is 9.59 Å². The van der Waals surface area contributed by atoms with Crippen LogP contribution in [0, 0.1) is 11.3 Å². The van der Waals surface area contributed by atoms with Crippen molar-refractivity contribution >= 4 is 43.5 Å². The van der Waals surface area contributed by atoms with Crippen LogP contribution in [0.25, 0.3) is 0 Å². The number of urea groups is 1. The van der Waals surface area contributed by atoms with E-state index < -0.39 is 22.3 Å². The van der Waals surface area contributed by atoms with Gasteiger partial charge < -0.3 is 24.6 Å². The SMILES string of the molecule is [B]C1([B])c2ccncc2C([B])([B])N1C(=O)NCC1CC12CCN(C(=O)OC1(C)COC1)CC2. The predicted octanol–water partition coefficient (Wildman–Crippen LogP) is 0.0290. The van der Waals surface area contributed by atoms with Gasteiger partial charge in [-0.1, -0.05) is 0 Å². The molecule has 12 heteroatoms. The highest BCUT2D eigenvalue weighted by atomic mass is 16.6. The maximum atomic E-state index is 13.1. The number of rotatable bonds is 3. The van der Waals surface area contributed by atoms with Gasteiger partial charge in [-0.2, -0.15) is 0 Å². The van der Waals surface area contributed by atoms with Gasteiger partial charge in [0.15, 0.2) is 5.60 Å². The molecule has 1 saturated carbocycles. The fraction of sp³-hybridized carbons (Fsp3) is 0.667. The van der Waals surface area contributed by atoms with Crippen LogP contribution < -0.4 is 5.32 Å². The number of carbonyl (C=O) groups excluding carboxylic acids is 2. The first-order valence-electron chi connectivity index (χ1n) is 11.2. The molecule has 4 heterocycles. The van der Waals surface area contributed by atoms with Crippen LogP contribution in [0.4, 0.5) is 9.59 Å². The standard InChI is InChI=1S/C21H24B4N4O4/c1-18(11-32-12-18)33-17(31)28-6-3-19(4-7-28)8-13(19)9-27-16(30)29-20(22,23)14-2-5-26-10-15(14)21(29,24)25/h2,5,10,13H,3-4,6-9,11-12H2,1H3,(H,27,30). The van der Waals surface area contributed by atoms with Crippen molar-refractivity contribution in [1.29, 1.82) is 0 Å². The lowest BCUT2D eigenvalue weighted by Gasteiger charge is -2.43. The third-order valence-corrected chi connectivity index (χ3v) is 7.65. The topological polar surface area (TPSA) is 84.0 Å². The van der Waals surface area contributed by atoms with E-state index in [1.54, 1.807) is 11.0 Å². The molecule has 0 bridgehead atoms. The van der Waals surface area contributed by atoms with Crippen LogP contribution in [0.3, 0.4) is 0 Å². The molecule has 1 aliphatic carbocycles. The number of nitrogens with zero attached hydrogens (tertiary/aromatic N) is 3. The number of hydrogen-bond donors (Lipinski definition) is 1. The highest BCUT2D eigenvalue weighted by molar-refractivity contribution is 6.47. The van der Waals surface area contributed by atoms with Crippen molar-refractivity contribution in [2.24, 2.45) is 11.3 Å². The summed E-state index contributed by atoms with van der Waals surface area (Å²) >= 11 is 0. The summed E-state index contributed by atoms with van der Waals surface area (Å²) in [6.45, 7) is 4.49. The van der Waals surface area contributed by atoms with Gasteiger partial charge in [-0.15, -0.1) is 0 Å². The first-order chi connectivity index (χ1) is 15.5. The number of amides is 3. The van der Waals surface area contributed by atoms with Crippen LogP contribution in [0.15, 0.2) is 18.5 Å². The van der Waals surface area contributed by atoms with Gasteiger partial charge in [0.25, 0.3) is 0 Å². The summed E-state index contributed by atoms with van der Waals surface area (Å²) in [5.74, 6) is 0.304. The normalized spacial score (nSPS) is 27.4. The van der Waals surface area contributed by atoms with Crippen molar-refractivity contribution in [3.8, 4) is 0 Å². The number of hydrogen-bond acceptors (Lipinski definition) is 5. The van der Waals surface area contributed by atoms with E-state index in [0.29, 0.717) is 49.9 Å². The van der Waals surface area contributed by atoms with Crippen molar-refractivity contribution in [1.82, 2.24) is 20.1 Å². The number of pyridine rings is 1. The zero-order valence-electron chi connectivity index (χ0n) is 18.8. The highest BCUT2D eigenvalue weighted by Gasteiger charge is 2.56. The predicted molar refractivity (Wildman–Crippen MR) is 123 cm³/mol. The summed E-state index contributed by atoms with van der Waals surface area (Å²) < 4.78 is 10.7. The average molecular weight is 440 g/mol. The number of aromatic nitrogens is 1. The van der Waals surface area contributed by atoms with Gasteiger partial charge in [0.1, 0.15) is 0 Å². The number of likely N-dealkylation sites (tertiary alicyclic amines) is 1. The second kappa shape index (κ2) is 7.45. The van der Waals surface area contributed by atoms with Gasteiger partial charge >= 0.3 is 12.1 Å². The highest BCUT2D eigenvalue weighted by Crippen LogP contribution is 2.59. The van der Waals surface area contributed by atoms with E-state index in [9.17, 15) is 9.59 Å². The molecule has 3 amide bonds. The minimum atomic E-state index is -1.67. The summed E-state index contributed by atoms with van der Waals surface area (Å²) in [7, 11) is 25.0. The number of nitrogens with one attached hydrogen (secondary N) is 1. The largest absolute Gasteiger partial charge is 0.438 e. The Hall–Kier alpha value is -2.09. The lowest BCUT2D eigenvalue weighted by atomic mass is 9.57. The molecule has 8 nitrogen and oxygen atoms in total. The van der Waals surface area contributed by atoms with Crippen molar-refractivity contribution in [2.45, 2.75) is 42.5 Å². The minimum absolute atomic E-state index is 0.121. The van der Waals surface area contributed by atoms with Crippen LogP contribution in [0.1, 0.15) is 37.3 Å². The molecule has 33 heavy (non-hydrogen) atoms. The fourth-order valence-electron chi connectivity index (χ4n) is 5.43. The van der Waals surface area contributed by atoms with Crippen molar-refractivity contribution in [2.75, 3.05) is 32.8 Å². The Kier molecular flexibility index (Phi) is 5.13. The van der Waals surface area contributed by atoms with E-state index in [0.717, 1.165) is 24.2 Å². The Labute approximate surface area is 199 Å². The second-order valence-electron chi connectivity index (χ2n) is 10.2. The van der Waals surface area contributed by atoms with E-state index >= 15 is 0 Å². The molecule has 3 aliphatic heterocycles. The van der Waals surface area contributed by atoms with E-state index in [-0.39, 0.29) is 11.5 Å². The Morgan fingerprint density at radius 3 is 2.45 bits per heavy atom. The maximum Gasteiger partial charge on any atom is 0.410 e. The lowest BCUT2D eigenvalue weighted by Crippen LogP contribution is -2.59. The molecule has 3 fully saturated rings. The molecule has 1 aromatic heterocycles. The molecule has 164 valence electrons. The third-order valence-electron chi connectivity index (χ3n) is 7.65. The number of fused-ring (bicyclic) bond motifs is 1. The van der Waals surface area contributed by atoms with Crippen molar-refractivity contribution < 1.29 is 19.1 Å². The van der Waals surface area contributed by atoms with Crippen LogP contribution in [0.2, 0.25) is 0 Å². The first kappa shape index (κ1) is 22.7. The van der Waals surface area contributed by atoms with Crippen LogP contribution in [-0.2, 0) is 20.1 Å². The molecule has 1 aromatic rings. The Balaban J connectivity index is 1.15. The Bertz CT molecular complexity index is 944.